The fraction of sp³-hybridized carbons (Fsp3) is 0.429. The van der Waals surface area contributed by atoms with Crippen LogP contribution in [0.3, 0.4) is 0 Å². The van der Waals surface area contributed by atoms with Crippen molar-refractivity contribution in [1.82, 2.24) is 4.90 Å². The van der Waals surface area contributed by atoms with E-state index < -0.39 is 0 Å². The highest BCUT2D eigenvalue weighted by Crippen LogP contribution is 2.36. The largest absolute Gasteiger partial charge is 0.403 e. The van der Waals surface area contributed by atoms with Gasteiger partial charge in [0.25, 0.3) is 0 Å². The first-order chi connectivity index (χ1) is 10.9. The molecule has 1 aliphatic rings. The van der Waals surface area contributed by atoms with Crippen LogP contribution >= 0.6 is 0 Å². The molecule has 0 unspecified atom stereocenters. The first kappa shape index (κ1) is 17.4. The molecule has 0 radical (unpaired) electrons. The fourth-order valence-corrected chi connectivity index (χ4v) is 3.38. The van der Waals surface area contributed by atoms with Crippen LogP contribution < -0.4 is 5.73 Å². The molecule has 0 atom stereocenters. The first-order valence-corrected chi connectivity index (χ1v) is 8.56. The third-order valence-corrected chi connectivity index (χ3v) is 4.48. The maximum Gasteiger partial charge on any atom is 0.0442 e. The minimum atomic E-state index is 0.154. The molecule has 1 aromatic rings. The Bertz CT molecular complexity index is 642. The Kier molecular flexibility index (Phi) is 5.35. The number of nitrogens with two attached hydrogens (primary N) is 1. The van der Waals surface area contributed by atoms with Crippen molar-refractivity contribution < 1.29 is 0 Å². The quantitative estimate of drug-likeness (QED) is 0.837. The molecule has 0 saturated heterocycles. The van der Waals surface area contributed by atoms with E-state index in [2.05, 4.69) is 69.9 Å². The fourth-order valence-electron chi connectivity index (χ4n) is 3.38. The maximum atomic E-state index is 5.64. The zero-order valence-corrected chi connectivity index (χ0v) is 15.2. The number of rotatable bonds is 4. The number of benzene rings is 1. The lowest BCUT2D eigenvalue weighted by Gasteiger charge is -2.29. The van der Waals surface area contributed by atoms with Gasteiger partial charge in [0.1, 0.15) is 0 Å². The summed E-state index contributed by atoms with van der Waals surface area (Å²) in [6, 6.07) is 6.68. The minimum Gasteiger partial charge on any atom is -0.403 e. The molecule has 0 aliphatic heterocycles. The van der Waals surface area contributed by atoms with Gasteiger partial charge in [-0.25, -0.2) is 0 Å². The van der Waals surface area contributed by atoms with E-state index in [9.17, 15) is 0 Å². The van der Waals surface area contributed by atoms with Gasteiger partial charge in [0.05, 0.1) is 0 Å². The lowest BCUT2D eigenvalue weighted by atomic mass is 9.80. The summed E-state index contributed by atoms with van der Waals surface area (Å²) in [5.41, 5.74) is 12.5. The van der Waals surface area contributed by atoms with Crippen LogP contribution in [0.15, 0.2) is 48.4 Å². The molecular formula is C21H30N2. The van der Waals surface area contributed by atoms with Crippen molar-refractivity contribution in [2.45, 2.75) is 52.9 Å². The third-order valence-electron chi connectivity index (χ3n) is 4.48. The van der Waals surface area contributed by atoms with Crippen LogP contribution in [-0.4, -0.2) is 11.4 Å². The summed E-state index contributed by atoms with van der Waals surface area (Å²) in [4.78, 5) is 2.23. The Morgan fingerprint density at radius 2 is 1.87 bits per heavy atom. The molecule has 1 aromatic carbocycles. The first-order valence-electron chi connectivity index (χ1n) is 8.56. The van der Waals surface area contributed by atoms with Gasteiger partial charge in [-0.2, -0.15) is 0 Å². The predicted octanol–water partition coefficient (Wildman–Crippen LogP) is 5.11. The summed E-state index contributed by atoms with van der Waals surface area (Å²) in [6.45, 7) is 12.2. The summed E-state index contributed by atoms with van der Waals surface area (Å²) < 4.78 is 0. The van der Waals surface area contributed by atoms with Gasteiger partial charge in [0, 0.05) is 30.2 Å². The average Bonchev–Trinajstić information content (AvgIpc) is 2.52. The molecule has 2 N–H and O–H groups in total. The van der Waals surface area contributed by atoms with E-state index >= 15 is 0 Å². The van der Waals surface area contributed by atoms with Crippen molar-refractivity contribution >= 4 is 5.57 Å². The lowest BCUT2D eigenvalue weighted by molar-refractivity contribution is 0.504. The molecule has 2 rings (SSSR count). The Labute approximate surface area is 141 Å². The highest BCUT2D eigenvalue weighted by atomic mass is 15.1. The van der Waals surface area contributed by atoms with Crippen molar-refractivity contribution in [1.29, 1.82) is 0 Å². The topological polar surface area (TPSA) is 29.3 Å². The Hall–Kier alpha value is -1.96. The van der Waals surface area contributed by atoms with Crippen molar-refractivity contribution in [3.63, 3.8) is 0 Å². The molecule has 0 bridgehead atoms. The van der Waals surface area contributed by atoms with Crippen LogP contribution in [0.4, 0.5) is 0 Å². The number of likely N-dealkylation sites (N-methyl/N-ethyl adjacent to an activating group) is 1. The summed E-state index contributed by atoms with van der Waals surface area (Å²) in [5, 5.41) is 0. The lowest BCUT2D eigenvalue weighted by Crippen LogP contribution is -2.20. The maximum absolute atomic E-state index is 5.64. The molecule has 0 saturated carbocycles. The van der Waals surface area contributed by atoms with E-state index in [1.165, 1.54) is 28.0 Å². The van der Waals surface area contributed by atoms with Crippen molar-refractivity contribution in [2.24, 2.45) is 5.73 Å². The van der Waals surface area contributed by atoms with Crippen LogP contribution in [0.5, 0.6) is 0 Å². The standard InChI is InChI=1S/C21H30N2/c1-6-23(15-14-22)20-13-8-7-10-18(20)17-11-9-12-19(16(17)2)21(3,4)5/h9-15H,6-8,22H2,1-5H3/b15-14-. The van der Waals surface area contributed by atoms with Crippen LogP contribution in [0.1, 0.15) is 57.2 Å². The molecular weight excluding hydrogens is 280 g/mol. The summed E-state index contributed by atoms with van der Waals surface area (Å²) in [5.74, 6) is 0. The van der Waals surface area contributed by atoms with Crippen LogP contribution in [-0.2, 0) is 5.41 Å². The van der Waals surface area contributed by atoms with E-state index in [-0.39, 0.29) is 5.41 Å². The molecule has 0 aromatic heterocycles. The summed E-state index contributed by atoms with van der Waals surface area (Å²) in [7, 11) is 0. The van der Waals surface area contributed by atoms with E-state index in [1.54, 1.807) is 6.20 Å². The van der Waals surface area contributed by atoms with E-state index in [0.29, 0.717) is 0 Å². The Morgan fingerprint density at radius 1 is 1.17 bits per heavy atom. The van der Waals surface area contributed by atoms with Gasteiger partial charge in [0.2, 0.25) is 0 Å². The van der Waals surface area contributed by atoms with E-state index in [0.717, 1.165) is 19.4 Å². The monoisotopic (exact) mass is 310 g/mol. The highest BCUT2D eigenvalue weighted by Gasteiger charge is 2.22. The third kappa shape index (κ3) is 3.69. The Balaban J connectivity index is 2.52. The highest BCUT2D eigenvalue weighted by molar-refractivity contribution is 5.81. The predicted molar refractivity (Wildman–Crippen MR) is 101 cm³/mol. The van der Waals surface area contributed by atoms with Gasteiger partial charge in [-0.1, -0.05) is 51.1 Å². The molecule has 2 nitrogen and oxygen atoms in total. The molecule has 0 heterocycles. The molecule has 0 fully saturated rings. The van der Waals surface area contributed by atoms with Crippen molar-refractivity contribution in [3.05, 3.63) is 65.1 Å². The number of nitrogens with zero attached hydrogens (tertiary/aromatic N) is 1. The molecule has 23 heavy (non-hydrogen) atoms. The molecule has 0 spiro atoms. The minimum absolute atomic E-state index is 0.154. The number of allylic oxidation sites excluding steroid dienone is 3. The smallest absolute Gasteiger partial charge is 0.0442 e. The van der Waals surface area contributed by atoms with Gasteiger partial charge in [0.15, 0.2) is 0 Å². The normalized spacial score (nSPS) is 15.5. The SMILES string of the molecule is CCN(/C=C\N)C1=CCCC=C1c1cccc(C(C)(C)C)c1C. The van der Waals surface area contributed by atoms with Gasteiger partial charge in [-0.3, -0.25) is 0 Å². The zero-order valence-electron chi connectivity index (χ0n) is 15.2. The number of hydrogen-bond acceptors (Lipinski definition) is 2. The van der Waals surface area contributed by atoms with Gasteiger partial charge < -0.3 is 10.6 Å². The average molecular weight is 310 g/mol. The second-order valence-corrected chi connectivity index (χ2v) is 7.14. The van der Waals surface area contributed by atoms with Crippen LogP contribution in [0.25, 0.3) is 5.57 Å². The molecule has 2 heteroatoms. The zero-order chi connectivity index (χ0) is 17.0. The van der Waals surface area contributed by atoms with Crippen molar-refractivity contribution in [3.8, 4) is 0 Å². The molecule has 0 amide bonds. The van der Waals surface area contributed by atoms with Crippen LogP contribution in [0.2, 0.25) is 0 Å². The van der Waals surface area contributed by atoms with Gasteiger partial charge >= 0.3 is 0 Å². The summed E-state index contributed by atoms with van der Waals surface area (Å²) >= 11 is 0. The second-order valence-electron chi connectivity index (χ2n) is 7.14. The van der Waals surface area contributed by atoms with Crippen molar-refractivity contribution in [2.75, 3.05) is 6.54 Å². The number of hydrogen-bond donors (Lipinski definition) is 1. The molecule has 124 valence electrons. The van der Waals surface area contributed by atoms with Gasteiger partial charge in [-0.05, 0) is 48.8 Å². The second kappa shape index (κ2) is 7.08. The molecule has 1 aliphatic carbocycles. The summed E-state index contributed by atoms with van der Waals surface area (Å²) in [6.07, 6.45) is 10.5. The van der Waals surface area contributed by atoms with Gasteiger partial charge in [-0.15, -0.1) is 0 Å². The Morgan fingerprint density at radius 3 is 2.48 bits per heavy atom. The van der Waals surface area contributed by atoms with E-state index in [4.69, 9.17) is 5.73 Å². The van der Waals surface area contributed by atoms with E-state index in [1.807, 2.05) is 6.20 Å². The van der Waals surface area contributed by atoms with Crippen LogP contribution in [0, 0.1) is 6.92 Å².